The predicted octanol–water partition coefficient (Wildman–Crippen LogP) is 5.95. The van der Waals surface area contributed by atoms with E-state index in [1.807, 2.05) is 24.3 Å². The normalized spacial score (nSPS) is 21.2. The Labute approximate surface area is 156 Å². The third-order valence-corrected chi connectivity index (χ3v) is 6.07. The molecule has 2 aliphatic carbocycles. The molecule has 0 aromatic heterocycles. The molecule has 0 spiro atoms. The second-order valence-electron chi connectivity index (χ2n) is 7.89. The highest BCUT2D eigenvalue weighted by Gasteiger charge is 2.35. The minimum absolute atomic E-state index is 0.372. The standard InChI is InChI=1S/C24H28O2/c1-3-5-15-11-17-13-19(25)8-10-22(17)24-16(6-4-2)12-18-14-20(26)7-9-21(18)23(15)24/h7-10,13-16,25-26H,3-6,11-12H2,1-2H3/t15-,16+. The molecule has 2 aromatic rings. The van der Waals surface area contributed by atoms with Crippen molar-refractivity contribution >= 4 is 11.1 Å². The fourth-order valence-electron chi connectivity index (χ4n) is 5.12. The molecule has 136 valence electrons. The zero-order valence-electron chi connectivity index (χ0n) is 15.8. The molecule has 0 radical (unpaired) electrons. The number of phenolic OH excluding ortho intramolecular Hbond substituents is 2. The van der Waals surface area contributed by atoms with Crippen LogP contribution in [-0.4, -0.2) is 10.2 Å². The van der Waals surface area contributed by atoms with E-state index >= 15 is 0 Å². The van der Waals surface area contributed by atoms with Gasteiger partial charge in [0, 0.05) is 0 Å². The molecule has 2 atom stereocenters. The number of fused-ring (bicyclic) bond motifs is 4. The summed E-state index contributed by atoms with van der Waals surface area (Å²) in [5, 5.41) is 20.0. The monoisotopic (exact) mass is 348 g/mol. The number of aromatic hydroxyl groups is 2. The van der Waals surface area contributed by atoms with E-state index in [9.17, 15) is 10.2 Å². The number of hydrogen-bond acceptors (Lipinski definition) is 2. The van der Waals surface area contributed by atoms with E-state index in [1.54, 1.807) is 0 Å². The lowest BCUT2D eigenvalue weighted by Gasteiger charge is -2.39. The van der Waals surface area contributed by atoms with Crippen molar-refractivity contribution in [2.45, 2.75) is 52.4 Å². The van der Waals surface area contributed by atoms with Crippen LogP contribution in [-0.2, 0) is 12.8 Å². The summed E-state index contributed by atoms with van der Waals surface area (Å²) in [6, 6.07) is 11.8. The molecule has 0 amide bonds. The summed E-state index contributed by atoms with van der Waals surface area (Å²) in [6.45, 7) is 4.50. The van der Waals surface area contributed by atoms with Gasteiger partial charge in [0.25, 0.3) is 0 Å². The van der Waals surface area contributed by atoms with Gasteiger partial charge in [0.15, 0.2) is 0 Å². The van der Waals surface area contributed by atoms with Crippen LogP contribution >= 0.6 is 0 Å². The Kier molecular flexibility index (Phi) is 4.52. The Morgan fingerprint density at radius 3 is 1.54 bits per heavy atom. The van der Waals surface area contributed by atoms with Crippen molar-refractivity contribution in [2.75, 3.05) is 0 Å². The summed E-state index contributed by atoms with van der Waals surface area (Å²) < 4.78 is 0. The quantitative estimate of drug-likeness (QED) is 0.716. The molecule has 0 heterocycles. The van der Waals surface area contributed by atoms with E-state index in [2.05, 4.69) is 26.0 Å². The van der Waals surface area contributed by atoms with Gasteiger partial charge in [-0.2, -0.15) is 0 Å². The van der Waals surface area contributed by atoms with E-state index in [4.69, 9.17) is 0 Å². The zero-order valence-corrected chi connectivity index (χ0v) is 15.8. The van der Waals surface area contributed by atoms with E-state index in [-0.39, 0.29) is 0 Å². The maximum absolute atomic E-state index is 10.0. The largest absolute Gasteiger partial charge is 0.508 e. The number of allylic oxidation sites excluding steroid dienone is 2. The highest BCUT2D eigenvalue weighted by molar-refractivity contribution is 5.98. The molecular formula is C24H28O2. The third-order valence-electron chi connectivity index (χ3n) is 6.07. The summed E-state index contributed by atoms with van der Waals surface area (Å²) in [4.78, 5) is 0. The van der Waals surface area contributed by atoms with Crippen LogP contribution in [0.5, 0.6) is 11.5 Å². The van der Waals surface area contributed by atoms with Gasteiger partial charge in [-0.05, 0) is 95.2 Å². The van der Waals surface area contributed by atoms with Crippen LogP contribution in [0.15, 0.2) is 36.4 Å². The van der Waals surface area contributed by atoms with Gasteiger partial charge in [-0.15, -0.1) is 0 Å². The highest BCUT2D eigenvalue weighted by atomic mass is 16.3. The summed E-state index contributed by atoms with van der Waals surface area (Å²) >= 11 is 0. The second kappa shape index (κ2) is 6.83. The Hall–Kier alpha value is -2.22. The van der Waals surface area contributed by atoms with Crippen LogP contribution in [0.1, 0.15) is 61.8 Å². The SMILES string of the molecule is CCC[C@@H]1Cc2cc(O)ccc2C2=C1c1ccc(O)cc1C[C@@H]2CCC. The Bertz CT molecular complexity index is 791. The Morgan fingerprint density at radius 1 is 0.731 bits per heavy atom. The first kappa shape index (κ1) is 17.2. The molecule has 2 heteroatoms. The molecule has 0 saturated carbocycles. The lowest BCUT2D eigenvalue weighted by Crippen LogP contribution is -2.25. The molecule has 0 bridgehead atoms. The van der Waals surface area contributed by atoms with Crippen molar-refractivity contribution in [3.8, 4) is 11.5 Å². The lowest BCUT2D eigenvalue weighted by molar-refractivity contribution is 0.470. The fraction of sp³-hybridized carbons (Fsp3) is 0.417. The van der Waals surface area contributed by atoms with Gasteiger partial charge in [-0.25, -0.2) is 0 Å². The summed E-state index contributed by atoms with van der Waals surface area (Å²) in [6.07, 6.45) is 6.62. The Morgan fingerprint density at radius 2 is 1.15 bits per heavy atom. The van der Waals surface area contributed by atoms with Crippen molar-refractivity contribution in [1.82, 2.24) is 0 Å². The topological polar surface area (TPSA) is 40.5 Å². The minimum Gasteiger partial charge on any atom is -0.508 e. The molecule has 2 nitrogen and oxygen atoms in total. The number of benzene rings is 2. The van der Waals surface area contributed by atoms with Gasteiger partial charge in [-0.1, -0.05) is 38.8 Å². The average Bonchev–Trinajstić information content (AvgIpc) is 2.61. The summed E-state index contributed by atoms with van der Waals surface area (Å²) in [7, 11) is 0. The maximum Gasteiger partial charge on any atom is 0.115 e. The molecule has 0 fully saturated rings. The van der Waals surface area contributed by atoms with Gasteiger partial charge >= 0.3 is 0 Å². The van der Waals surface area contributed by atoms with Crippen molar-refractivity contribution in [3.05, 3.63) is 58.7 Å². The maximum atomic E-state index is 10.0. The molecule has 4 rings (SSSR count). The number of hydrogen-bond donors (Lipinski definition) is 2. The minimum atomic E-state index is 0.372. The number of rotatable bonds is 4. The van der Waals surface area contributed by atoms with Gasteiger partial charge in [0.2, 0.25) is 0 Å². The van der Waals surface area contributed by atoms with Crippen molar-refractivity contribution in [2.24, 2.45) is 11.8 Å². The van der Waals surface area contributed by atoms with E-state index in [1.165, 1.54) is 33.4 Å². The smallest absolute Gasteiger partial charge is 0.115 e. The van der Waals surface area contributed by atoms with Crippen LogP contribution in [0.4, 0.5) is 0 Å². The van der Waals surface area contributed by atoms with Crippen molar-refractivity contribution in [1.29, 1.82) is 0 Å². The van der Waals surface area contributed by atoms with Crippen molar-refractivity contribution in [3.63, 3.8) is 0 Å². The number of phenols is 2. The van der Waals surface area contributed by atoms with Crippen LogP contribution in [0.25, 0.3) is 11.1 Å². The first-order chi connectivity index (χ1) is 12.6. The van der Waals surface area contributed by atoms with Gasteiger partial charge in [-0.3, -0.25) is 0 Å². The van der Waals surface area contributed by atoms with Crippen LogP contribution in [0, 0.1) is 11.8 Å². The Balaban J connectivity index is 1.97. The average molecular weight is 348 g/mol. The van der Waals surface area contributed by atoms with Crippen molar-refractivity contribution < 1.29 is 10.2 Å². The van der Waals surface area contributed by atoms with Gasteiger partial charge in [0.05, 0.1) is 0 Å². The first-order valence-corrected chi connectivity index (χ1v) is 10.0. The molecule has 0 aliphatic heterocycles. The first-order valence-electron chi connectivity index (χ1n) is 10.0. The predicted molar refractivity (Wildman–Crippen MR) is 107 cm³/mol. The highest BCUT2D eigenvalue weighted by Crippen LogP contribution is 2.51. The molecule has 0 unspecified atom stereocenters. The molecule has 2 N–H and O–H groups in total. The lowest BCUT2D eigenvalue weighted by atomic mass is 9.65. The van der Waals surface area contributed by atoms with Crippen LogP contribution < -0.4 is 0 Å². The van der Waals surface area contributed by atoms with Crippen LogP contribution in [0.3, 0.4) is 0 Å². The molecule has 2 aliphatic rings. The molecule has 0 saturated heterocycles. The van der Waals surface area contributed by atoms with Crippen LogP contribution in [0.2, 0.25) is 0 Å². The second-order valence-corrected chi connectivity index (χ2v) is 7.89. The molecular weight excluding hydrogens is 320 g/mol. The third kappa shape index (κ3) is 2.82. The van der Waals surface area contributed by atoms with Gasteiger partial charge in [0.1, 0.15) is 11.5 Å². The fourth-order valence-corrected chi connectivity index (χ4v) is 5.12. The summed E-state index contributed by atoms with van der Waals surface area (Å²) in [5.74, 6) is 1.73. The summed E-state index contributed by atoms with van der Waals surface area (Å²) in [5.41, 5.74) is 8.27. The molecule has 2 aromatic carbocycles. The molecule has 26 heavy (non-hydrogen) atoms. The van der Waals surface area contributed by atoms with E-state index < -0.39 is 0 Å². The zero-order chi connectivity index (χ0) is 18.3. The van der Waals surface area contributed by atoms with E-state index in [0.29, 0.717) is 23.3 Å². The van der Waals surface area contributed by atoms with Gasteiger partial charge < -0.3 is 10.2 Å². The van der Waals surface area contributed by atoms with E-state index in [0.717, 1.165) is 38.5 Å².